The van der Waals surface area contributed by atoms with E-state index < -0.39 is 0 Å². The monoisotopic (exact) mass is 264 g/mol. The van der Waals surface area contributed by atoms with Gasteiger partial charge in [0.25, 0.3) is 0 Å². The minimum absolute atomic E-state index is 0.0576. The van der Waals surface area contributed by atoms with Crippen molar-refractivity contribution in [3.05, 3.63) is 69.7 Å². The van der Waals surface area contributed by atoms with Crippen LogP contribution in [0.2, 0.25) is 10.0 Å². The van der Waals surface area contributed by atoms with Gasteiger partial charge in [-0.3, -0.25) is 0 Å². The van der Waals surface area contributed by atoms with Crippen LogP contribution < -0.4 is 0 Å². The van der Waals surface area contributed by atoms with E-state index in [1.165, 1.54) is 5.56 Å². The molecule has 2 aromatic carbocycles. The maximum atomic E-state index is 6.15. The van der Waals surface area contributed by atoms with Gasteiger partial charge in [-0.05, 0) is 17.7 Å². The van der Waals surface area contributed by atoms with Crippen LogP contribution in [0.3, 0.4) is 0 Å². The van der Waals surface area contributed by atoms with E-state index in [2.05, 4.69) is 12.1 Å². The standard InChI is InChI=1S/C14H10Cl2O/c15-10-6-7-11(12(16)8-10)14-13(17-14)9-4-2-1-3-5-9/h1-8,13-14H/t13-,14-/m0/s1. The van der Waals surface area contributed by atoms with Crippen molar-refractivity contribution in [3.63, 3.8) is 0 Å². The molecule has 1 saturated heterocycles. The lowest BCUT2D eigenvalue weighted by Crippen LogP contribution is -1.85. The Morgan fingerprint density at radius 3 is 2.35 bits per heavy atom. The highest BCUT2D eigenvalue weighted by Gasteiger charge is 2.42. The van der Waals surface area contributed by atoms with Crippen LogP contribution in [0.1, 0.15) is 23.3 Å². The van der Waals surface area contributed by atoms with Crippen LogP contribution in [-0.4, -0.2) is 0 Å². The third-order valence-corrected chi connectivity index (χ3v) is 3.45. The second kappa shape index (κ2) is 4.34. The summed E-state index contributed by atoms with van der Waals surface area (Å²) >= 11 is 12.0. The zero-order chi connectivity index (χ0) is 11.8. The highest BCUT2D eigenvalue weighted by atomic mass is 35.5. The molecule has 0 aromatic heterocycles. The first-order valence-corrected chi connectivity index (χ1v) is 6.16. The van der Waals surface area contributed by atoms with Crippen LogP contribution in [0.15, 0.2) is 48.5 Å². The van der Waals surface area contributed by atoms with Crippen molar-refractivity contribution >= 4 is 23.2 Å². The van der Waals surface area contributed by atoms with E-state index in [0.29, 0.717) is 10.0 Å². The van der Waals surface area contributed by atoms with Crippen molar-refractivity contribution in [2.75, 3.05) is 0 Å². The molecule has 1 aliphatic rings. The highest BCUT2D eigenvalue weighted by Crippen LogP contribution is 2.52. The van der Waals surface area contributed by atoms with Gasteiger partial charge in [0.05, 0.1) is 0 Å². The Kier molecular flexibility index (Phi) is 2.83. The summed E-state index contributed by atoms with van der Waals surface area (Å²) in [6.07, 6.45) is 0.178. The maximum Gasteiger partial charge on any atom is 0.115 e. The minimum Gasteiger partial charge on any atom is -0.359 e. The Morgan fingerprint density at radius 1 is 0.882 bits per heavy atom. The molecule has 0 unspecified atom stereocenters. The van der Waals surface area contributed by atoms with Crippen LogP contribution in [0, 0.1) is 0 Å². The average Bonchev–Trinajstić information content (AvgIpc) is 3.10. The van der Waals surface area contributed by atoms with Gasteiger partial charge in [0.15, 0.2) is 0 Å². The molecular formula is C14H10Cl2O. The third kappa shape index (κ3) is 2.19. The van der Waals surface area contributed by atoms with Gasteiger partial charge in [0.1, 0.15) is 12.2 Å². The molecule has 17 heavy (non-hydrogen) atoms. The molecule has 1 heterocycles. The molecule has 1 nitrogen and oxygen atoms in total. The molecule has 1 fully saturated rings. The van der Waals surface area contributed by atoms with Gasteiger partial charge in [-0.15, -0.1) is 0 Å². The van der Waals surface area contributed by atoms with Crippen molar-refractivity contribution in [1.29, 1.82) is 0 Å². The van der Waals surface area contributed by atoms with Gasteiger partial charge in [-0.25, -0.2) is 0 Å². The van der Waals surface area contributed by atoms with Crippen LogP contribution in [0.5, 0.6) is 0 Å². The van der Waals surface area contributed by atoms with Gasteiger partial charge in [0, 0.05) is 15.6 Å². The SMILES string of the molecule is Clc1ccc([C@@H]2O[C@H]2c2ccccc2)c(Cl)c1. The van der Waals surface area contributed by atoms with Gasteiger partial charge < -0.3 is 4.74 Å². The van der Waals surface area contributed by atoms with E-state index >= 15 is 0 Å². The molecule has 0 N–H and O–H groups in total. The fourth-order valence-electron chi connectivity index (χ4n) is 1.98. The lowest BCUT2D eigenvalue weighted by atomic mass is 10.0. The van der Waals surface area contributed by atoms with Crippen molar-refractivity contribution in [2.45, 2.75) is 12.2 Å². The molecule has 2 atom stereocenters. The van der Waals surface area contributed by atoms with Crippen LogP contribution in [0.25, 0.3) is 0 Å². The molecule has 0 amide bonds. The van der Waals surface area contributed by atoms with E-state index in [0.717, 1.165) is 5.56 Å². The summed E-state index contributed by atoms with van der Waals surface area (Å²) in [6, 6.07) is 15.7. The Labute approximate surface area is 110 Å². The maximum absolute atomic E-state index is 6.15. The Balaban J connectivity index is 1.85. The second-order valence-electron chi connectivity index (χ2n) is 4.05. The van der Waals surface area contributed by atoms with E-state index in [-0.39, 0.29) is 12.2 Å². The minimum atomic E-state index is 0.0576. The Hall–Kier alpha value is -1.02. The van der Waals surface area contributed by atoms with Crippen molar-refractivity contribution in [1.82, 2.24) is 0 Å². The van der Waals surface area contributed by atoms with Crippen molar-refractivity contribution < 1.29 is 4.74 Å². The van der Waals surface area contributed by atoms with Crippen LogP contribution >= 0.6 is 23.2 Å². The molecule has 2 aromatic rings. The normalized spacial score (nSPS) is 22.5. The summed E-state index contributed by atoms with van der Waals surface area (Å²) in [5.74, 6) is 0. The molecule has 86 valence electrons. The Bertz CT molecular complexity index is 539. The molecule has 0 spiro atoms. The van der Waals surface area contributed by atoms with Gasteiger partial charge in [0.2, 0.25) is 0 Å². The van der Waals surface area contributed by atoms with E-state index in [4.69, 9.17) is 27.9 Å². The summed E-state index contributed by atoms with van der Waals surface area (Å²) in [4.78, 5) is 0. The molecule has 1 aliphatic heterocycles. The van der Waals surface area contributed by atoms with Gasteiger partial charge in [-0.2, -0.15) is 0 Å². The summed E-state index contributed by atoms with van der Waals surface area (Å²) in [5.41, 5.74) is 2.19. The predicted octanol–water partition coefficient (Wildman–Crippen LogP) is 4.81. The van der Waals surface area contributed by atoms with Crippen LogP contribution in [0.4, 0.5) is 0 Å². The second-order valence-corrected chi connectivity index (χ2v) is 4.90. The number of ether oxygens (including phenoxy) is 1. The molecule has 3 heteroatoms. The average molecular weight is 265 g/mol. The molecule has 3 rings (SSSR count). The topological polar surface area (TPSA) is 12.5 Å². The molecule has 0 saturated carbocycles. The molecular weight excluding hydrogens is 255 g/mol. The van der Waals surface area contributed by atoms with Crippen molar-refractivity contribution in [3.8, 4) is 0 Å². The number of benzene rings is 2. The smallest absolute Gasteiger partial charge is 0.115 e. The highest BCUT2D eigenvalue weighted by molar-refractivity contribution is 6.35. The lowest BCUT2D eigenvalue weighted by molar-refractivity contribution is 0.378. The fourth-order valence-corrected chi connectivity index (χ4v) is 2.49. The number of halogens is 2. The van der Waals surface area contributed by atoms with E-state index in [9.17, 15) is 0 Å². The predicted molar refractivity (Wildman–Crippen MR) is 69.5 cm³/mol. The summed E-state index contributed by atoms with van der Waals surface area (Å²) in [7, 11) is 0. The van der Waals surface area contributed by atoms with E-state index in [1.54, 1.807) is 6.07 Å². The number of hydrogen-bond donors (Lipinski definition) is 0. The zero-order valence-corrected chi connectivity index (χ0v) is 10.4. The first kappa shape index (κ1) is 11.1. The molecule has 0 bridgehead atoms. The molecule has 0 radical (unpaired) electrons. The first-order chi connectivity index (χ1) is 8.25. The number of hydrogen-bond acceptors (Lipinski definition) is 1. The fraction of sp³-hybridized carbons (Fsp3) is 0.143. The largest absolute Gasteiger partial charge is 0.359 e. The Morgan fingerprint density at radius 2 is 1.65 bits per heavy atom. The first-order valence-electron chi connectivity index (χ1n) is 5.41. The van der Waals surface area contributed by atoms with Gasteiger partial charge in [-0.1, -0.05) is 59.6 Å². The van der Waals surface area contributed by atoms with E-state index in [1.807, 2.05) is 30.3 Å². The van der Waals surface area contributed by atoms with Crippen molar-refractivity contribution in [2.24, 2.45) is 0 Å². The lowest BCUT2D eigenvalue weighted by Gasteiger charge is -2.01. The third-order valence-electron chi connectivity index (χ3n) is 2.89. The zero-order valence-electron chi connectivity index (χ0n) is 8.94. The quantitative estimate of drug-likeness (QED) is 0.710. The van der Waals surface area contributed by atoms with Crippen LogP contribution in [-0.2, 0) is 4.74 Å². The summed E-state index contributed by atoms with van der Waals surface area (Å²) in [5, 5.41) is 1.32. The number of rotatable bonds is 2. The number of epoxide rings is 1. The van der Waals surface area contributed by atoms with Gasteiger partial charge >= 0.3 is 0 Å². The summed E-state index contributed by atoms with van der Waals surface area (Å²) < 4.78 is 5.68. The summed E-state index contributed by atoms with van der Waals surface area (Å²) in [6.45, 7) is 0. The molecule has 0 aliphatic carbocycles.